The highest BCUT2D eigenvalue weighted by molar-refractivity contribution is 6.07. The van der Waals surface area contributed by atoms with Crippen LogP contribution in [0.2, 0.25) is 0 Å². The molecule has 1 amide bonds. The Morgan fingerprint density at radius 3 is 2.42 bits per heavy atom. The molecule has 0 saturated carbocycles. The van der Waals surface area contributed by atoms with Crippen molar-refractivity contribution in [2.24, 2.45) is 0 Å². The number of aromatic nitrogens is 2. The topological polar surface area (TPSA) is 49.3 Å². The number of para-hydroxylation sites is 2. The van der Waals surface area contributed by atoms with Crippen LogP contribution in [-0.2, 0) is 6.54 Å². The largest absolute Gasteiger partial charge is 0.365 e. The van der Waals surface area contributed by atoms with Crippen LogP contribution in [0.15, 0.2) is 73.1 Å². The maximum atomic E-state index is 13.0. The first-order chi connectivity index (χ1) is 12.8. The number of carbonyl (C=O) groups is 1. The number of rotatable bonds is 3. The van der Waals surface area contributed by atoms with Crippen LogP contribution in [0.4, 0.5) is 11.4 Å². The third kappa shape index (κ3) is 3.28. The molecule has 1 aromatic heterocycles. The van der Waals surface area contributed by atoms with Gasteiger partial charge in [-0.15, -0.1) is 0 Å². The summed E-state index contributed by atoms with van der Waals surface area (Å²) < 4.78 is 0. The summed E-state index contributed by atoms with van der Waals surface area (Å²) in [6.07, 6.45) is 3.99. The standard InChI is InChI=1S/C21H20N4O/c26-21(18-11-12-22-23-15-18)25-14-6-13-24(16-17-7-2-1-3-8-17)19-9-4-5-10-20(19)25/h1-5,7-12,15H,6,13-14,16H2. The zero-order chi connectivity index (χ0) is 17.8. The van der Waals surface area contributed by atoms with E-state index < -0.39 is 0 Å². The summed E-state index contributed by atoms with van der Waals surface area (Å²) in [7, 11) is 0. The minimum absolute atomic E-state index is 0.0334. The fraction of sp³-hybridized carbons (Fsp3) is 0.190. The summed E-state index contributed by atoms with van der Waals surface area (Å²) >= 11 is 0. The van der Waals surface area contributed by atoms with E-state index in [1.165, 1.54) is 11.8 Å². The average Bonchev–Trinajstić information content (AvgIpc) is 2.89. The number of nitrogens with zero attached hydrogens (tertiary/aromatic N) is 4. The van der Waals surface area contributed by atoms with Crippen LogP contribution < -0.4 is 9.80 Å². The number of anilines is 2. The second kappa shape index (κ2) is 7.35. The van der Waals surface area contributed by atoms with Crippen molar-refractivity contribution in [3.8, 4) is 0 Å². The van der Waals surface area contributed by atoms with Crippen LogP contribution in [0.1, 0.15) is 22.3 Å². The lowest BCUT2D eigenvalue weighted by molar-refractivity contribution is 0.0986. The van der Waals surface area contributed by atoms with Crippen molar-refractivity contribution < 1.29 is 4.79 Å². The van der Waals surface area contributed by atoms with E-state index in [4.69, 9.17) is 0 Å². The summed E-state index contributed by atoms with van der Waals surface area (Å²) in [5.41, 5.74) is 3.86. The van der Waals surface area contributed by atoms with E-state index >= 15 is 0 Å². The third-order valence-corrected chi connectivity index (χ3v) is 4.62. The van der Waals surface area contributed by atoms with Gasteiger partial charge in [0, 0.05) is 19.6 Å². The van der Waals surface area contributed by atoms with Crippen LogP contribution in [0.25, 0.3) is 0 Å². The minimum Gasteiger partial charge on any atom is -0.365 e. The maximum absolute atomic E-state index is 13.0. The van der Waals surface area contributed by atoms with Crippen molar-refractivity contribution in [2.45, 2.75) is 13.0 Å². The lowest BCUT2D eigenvalue weighted by Crippen LogP contribution is -2.31. The predicted molar refractivity (Wildman–Crippen MR) is 102 cm³/mol. The average molecular weight is 344 g/mol. The van der Waals surface area contributed by atoms with Gasteiger partial charge in [0.15, 0.2) is 0 Å². The Bertz CT molecular complexity index is 883. The van der Waals surface area contributed by atoms with Gasteiger partial charge in [0.05, 0.1) is 29.3 Å². The summed E-state index contributed by atoms with van der Waals surface area (Å²) in [5.74, 6) is -0.0334. The molecular weight excluding hydrogens is 324 g/mol. The van der Waals surface area contributed by atoms with Gasteiger partial charge < -0.3 is 9.80 Å². The summed E-state index contributed by atoms with van der Waals surface area (Å²) in [6.45, 7) is 2.42. The molecule has 1 aliphatic heterocycles. The number of fused-ring (bicyclic) bond motifs is 1. The van der Waals surface area contributed by atoms with Crippen LogP contribution in [0.5, 0.6) is 0 Å². The van der Waals surface area contributed by atoms with Gasteiger partial charge in [0.2, 0.25) is 0 Å². The van der Waals surface area contributed by atoms with E-state index in [2.05, 4.69) is 45.4 Å². The van der Waals surface area contributed by atoms with Crippen LogP contribution in [0.3, 0.4) is 0 Å². The van der Waals surface area contributed by atoms with E-state index in [9.17, 15) is 4.79 Å². The van der Waals surface area contributed by atoms with Crippen molar-refractivity contribution >= 4 is 17.3 Å². The summed E-state index contributed by atoms with van der Waals surface area (Å²) in [5, 5.41) is 7.61. The van der Waals surface area contributed by atoms with E-state index in [1.807, 2.05) is 29.2 Å². The molecule has 0 radical (unpaired) electrons. The zero-order valence-corrected chi connectivity index (χ0v) is 14.5. The monoisotopic (exact) mass is 344 g/mol. The van der Waals surface area contributed by atoms with Crippen LogP contribution in [0, 0.1) is 0 Å². The molecule has 5 nitrogen and oxygen atoms in total. The molecule has 0 unspecified atom stereocenters. The first kappa shape index (κ1) is 16.3. The highest BCUT2D eigenvalue weighted by atomic mass is 16.2. The smallest absolute Gasteiger partial charge is 0.260 e. The van der Waals surface area contributed by atoms with E-state index in [1.54, 1.807) is 12.3 Å². The van der Waals surface area contributed by atoms with Crippen molar-refractivity contribution in [1.82, 2.24) is 10.2 Å². The molecule has 3 aromatic rings. The van der Waals surface area contributed by atoms with Gasteiger partial charge in [-0.2, -0.15) is 10.2 Å². The van der Waals surface area contributed by atoms with Gasteiger partial charge in [0.25, 0.3) is 5.91 Å². The van der Waals surface area contributed by atoms with Gasteiger partial charge in [0.1, 0.15) is 0 Å². The molecule has 0 fully saturated rings. The minimum atomic E-state index is -0.0334. The second-order valence-electron chi connectivity index (χ2n) is 6.34. The van der Waals surface area contributed by atoms with E-state index in [0.29, 0.717) is 12.1 Å². The van der Waals surface area contributed by atoms with Crippen molar-refractivity contribution in [3.63, 3.8) is 0 Å². The van der Waals surface area contributed by atoms with Gasteiger partial charge in [-0.25, -0.2) is 0 Å². The molecule has 0 atom stereocenters. The van der Waals surface area contributed by atoms with Crippen LogP contribution in [-0.4, -0.2) is 29.2 Å². The van der Waals surface area contributed by atoms with Gasteiger partial charge >= 0.3 is 0 Å². The molecular formula is C21H20N4O. The van der Waals surface area contributed by atoms with E-state index in [-0.39, 0.29) is 5.91 Å². The second-order valence-corrected chi connectivity index (χ2v) is 6.34. The molecule has 0 spiro atoms. The Labute approximate surface area is 152 Å². The summed E-state index contributed by atoms with van der Waals surface area (Å²) in [6, 6.07) is 20.3. The Kier molecular flexibility index (Phi) is 4.60. The summed E-state index contributed by atoms with van der Waals surface area (Å²) in [4.78, 5) is 17.2. The third-order valence-electron chi connectivity index (χ3n) is 4.62. The lowest BCUT2D eigenvalue weighted by atomic mass is 10.1. The molecule has 2 heterocycles. The van der Waals surface area contributed by atoms with Gasteiger partial charge in [-0.05, 0) is 30.2 Å². The molecule has 0 saturated heterocycles. The van der Waals surface area contributed by atoms with Crippen LogP contribution >= 0.6 is 0 Å². The Hall–Kier alpha value is -3.21. The fourth-order valence-electron chi connectivity index (χ4n) is 3.37. The SMILES string of the molecule is O=C(c1ccnnc1)N1CCCN(Cc2ccccc2)c2ccccc21. The maximum Gasteiger partial charge on any atom is 0.260 e. The normalized spacial score (nSPS) is 13.8. The zero-order valence-electron chi connectivity index (χ0n) is 14.5. The van der Waals surface area contributed by atoms with Crippen molar-refractivity contribution in [3.05, 3.63) is 84.2 Å². The molecule has 2 aromatic carbocycles. The highest BCUT2D eigenvalue weighted by Crippen LogP contribution is 2.33. The molecule has 0 bridgehead atoms. The Morgan fingerprint density at radius 1 is 0.885 bits per heavy atom. The molecule has 0 aliphatic carbocycles. The molecule has 26 heavy (non-hydrogen) atoms. The molecule has 130 valence electrons. The molecule has 5 heteroatoms. The number of benzene rings is 2. The number of carbonyl (C=O) groups excluding carboxylic acids is 1. The lowest BCUT2D eigenvalue weighted by Gasteiger charge is -2.27. The molecule has 1 aliphatic rings. The Balaban J connectivity index is 1.68. The van der Waals surface area contributed by atoms with E-state index in [0.717, 1.165) is 30.9 Å². The first-order valence-electron chi connectivity index (χ1n) is 8.79. The fourth-order valence-corrected chi connectivity index (χ4v) is 3.37. The highest BCUT2D eigenvalue weighted by Gasteiger charge is 2.25. The Morgan fingerprint density at radius 2 is 1.65 bits per heavy atom. The van der Waals surface area contributed by atoms with Crippen molar-refractivity contribution in [1.29, 1.82) is 0 Å². The number of hydrogen-bond acceptors (Lipinski definition) is 4. The molecule has 4 rings (SSSR count). The quantitative estimate of drug-likeness (QED) is 0.729. The number of amides is 1. The molecule has 0 N–H and O–H groups in total. The van der Waals surface area contributed by atoms with Gasteiger partial charge in [-0.3, -0.25) is 4.79 Å². The first-order valence-corrected chi connectivity index (χ1v) is 8.79. The van der Waals surface area contributed by atoms with Crippen molar-refractivity contribution in [2.75, 3.05) is 22.9 Å². The van der Waals surface area contributed by atoms with Gasteiger partial charge in [-0.1, -0.05) is 42.5 Å². The predicted octanol–water partition coefficient (Wildman–Crippen LogP) is 3.53. The number of hydrogen-bond donors (Lipinski definition) is 0.